The normalized spacial score (nSPS) is 11.9. The summed E-state index contributed by atoms with van der Waals surface area (Å²) in [6.07, 6.45) is 3.20. The van der Waals surface area contributed by atoms with Crippen molar-refractivity contribution >= 4 is 92.2 Å². The number of rotatable bonds is 10. The van der Waals surface area contributed by atoms with Gasteiger partial charge in [-0.3, -0.25) is 9.59 Å². The van der Waals surface area contributed by atoms with Gasteiger partial charge in [-0.05, 0) is 84.4 Å². The first-order valence-corrected chi connectivity index (χ1v) is 17.8. The molecule has 56 heavy (non-hydrogen) atoms. The number of halogens is 3. The number of aromatic nitrogens is 4. The molecule has 2 aliphatic heterocycles. The van der Waals surface area contributed by atoms with Crippen LogP contribution < -0.4 is 40.2 Å². The van der Waals surface area contributed by atoms with Crippen LogP contribution in [-0.2, 0) is 0 Å². The maximum absolute atomic E-state index is 12.2. The smallest absolute Gasteiger partial charge is 0.253 e. The Labute approximate surface area is 334 Å². The van der Waals surface area contributed by atoms with Crippen molar-refractivity contribution in [1.29, 1.82) is 0 Å². The van der Waals surface area contributed by atoms with Crippen molar-refractivity contribution in [1.82, 2.24) is 24.8 Å². The van der Waals surface area contributed by atoms with Gasteiger partial charge >= 0.3 is 0 Å². The molecule has 0 saturated heterocycles. The van der Waals surface area contributed by atoms with Crippen LogP contribution in [-0.4, -0.2) is 63.7 Å². The van der Waals surface area contributed by atoms with Crippen molar-refractivity contribution in [2.24, 2.45) is 0 Å². The van der Waals surface area contributed by atoms with Crippen LogP contribution in [0.15, 0.2) is 97.3 Å². The number of nitrogens with zero attached hydrogens (tertiary/aromatic N) is 5. The number of carbonyl (C=O) groups excluding carboxylic acids is 2. The highest BCUT2D eigenvalue weighted by atomic mass is 35.5. The van der Waals surface area contributed by atoms with Crippen LogP contribution in [0.2, 0.25) is 10.0 Å². The second-order valence-electron chi connectivity index (χ2n) is 12.0. The number of benzene rings is 4. The summed E-state index contributed by atoms with van der Waals surface area (Å²) in [7, 11) is 3.42. The van der Waals surface area contributed by atoms with Gasteiger partial charge in [-0.15, -0.1) is 0 Å². The van der Waals surface area contributed by atoms with E-state index < -0.39 is 5.24 Å². The van der Waals surface area contributed by atoms with Crippen LogP contribution in [0.5, 0.6) is 23.0 Å². The van der Waals surface area contributed by atoms with Gasteiger partial charge in [0.05, 0.1) is 10.0 Å². The highest BCUT2D eigenvalue weighted by Gasteiger charge is 2.22. The molecule has 284 valence electrons. The Morgan fingerprint density at radius 3 is 1.59 bits per heavy atom. The van der Waals surface area contributed by atoms with Crippen LogP contribution in [0.25, 0.3) is 0 Å². The molecule has 0 bridgehead atoms. The standard InChI is InChI=1S/C20H18ClN5O3.C18H12Cl2N4O3/c1-26(2)19(27)12-4-3-5-13(10-12)23-20-22-9-8-16(25-20)24-17-14(21)6-7-15-18(17)29-11-28-15;19-12-4-5-13-16(27-9-26-13)15(12)23-14-6-7-21-18(24-14)22-11-3-1-2-10(8-11)17(20)25/h3-10H,11H2,1-2H3,(H2,22,23,24,25);1-8H,9H2,(H2,21,22,23,24). The van der Waals surface area contributed by atoms with E-state index in [1.807, 2.05) is 6.07 Å². The number of fused-ring (bicyclic) bond motifs is 2. The molecule has 0 radical (unpaired) electrons. The van der Waals surface area contributed by atoms with Crippen molar-refractivity contribution in [2.75, 3.05) is 48.9 Å². The molecule has 0 atom stereocenters. The summed E-state index contributed by atoms with van der Waals surface area (Å²) >= 11 is 18.1. The zero-order valence-electron chi connectivity index (χ0n) is 29.5. The first-order valence-electron chi connectivity index (χ1n) is 16.6. The van der Waals surface area contributed by atoms with Gasteiger partial charge in [-0.2, -0.15) is 9.97 Å². The lowest BCUT2D eigenvalue weighted by Gasteiger charge is -2.13. The molecule has 2 aliphatic rings. The summed E-state index contributed by atoms with van der Waals surface area (Å²) in [5, 5.41) is 12.8. The lowest BCUT2D eigenvalue weighted by molar-refractivity contribution is 0.0827. The molecule has 2 aromatic heterocycles. The van der Waals surface area contributed by atoms with Crippen molar-refractivity contribution in [2.45, 2.75) is 0 Å². The summed E-state index contributed by atoms with van der Waals surface area (Å²) in [4.78, 5) is 42.2. The van der Waals surface area contributed by atoms with Crippen LogP contribution in [0, 0.1) is 0 Å². The third-order valence-corrected chi connectivity index (χ3v) is 8.76. The molecule has 15 nitrogen and oxygen atoms in total. The van der Waals surface area contributed by atoms with E-state index in [1.54, 1.807) is 105 Å². The number of anilines is 8. The molecule has 4 N–H and O–H groups in total. The van der Waals surface area contributed by atoms with E-state index in [9.17, 15) is 9.59 Å². The van der Waals surface area contributed by atoms with E-state index in [2.05, 4.69) is 41.2 Å². The Morgan fingerprint density at radius 1 is 0.625 bits per heavy atom. The quantitative estimate of drug-likeness (QED) is 0.0966. The third kappa shape index (κ3) is 8.87. The molecule has 0 aliphatic carbocycles. The maximum atomic E-state index is 12.2. The number of ether oxygens (including phenoxy) is 4. The molecular weight excluding hydrogens is 785 g/mol. The molecular formula is C38H30Cl3N9O6. The molecule has 4 aromatic carbocycles. The maximum Gasteiger partial charge on any atom is 0.253 e. The summed E-state index contributed by atoms with van der Waals surface area (Å²) in [5.41, 5.74) is 3.41. The molecule has 0 fully saturated rings. The Morgan fingerprint density at radius 2 is 1.11 bits per heavy atom. The molecule has 0 spiro atoms. The lowest BCUT2D eigenvalue weighted by Crippen LogP contribution is -2.21. The van der Waals surface area contributed by atoms with Crippen LogP contribution in [0.1, 0.15) is 20.7 Å². The number of nitrogens with one attached hydrogen (secondary N) is 4. The SMILES string of the molecule is CN(C)C(=O)c1cccc(Nc2nccc(Nc3c(Cl)ccc4c3OCO4)n2)c1.O=C(Cl)c1cccc(Nc2nccc(Nc3c(Cl)ccc4c3OCO4)n2)c1. The van der Waals surface area contributed by atoms with Gasteiger partial charge in [0, 0.05) is 49.0 Å². The fourth-order valence-corrected chi connectivity index (χ4v) is 5.84. The average Bonchev–Trinajstić information content (AvgIpc) is 3.88. The van der Waals surface area contributed by atoms with Gasteiger partial charge in [0.2, 0.25) is 25.5 Å². The van der Waals surface area contributed by atoms with Crippen molar-refractivity contribution in [3.05, 3.63) is 118 Å². The Bertz CT molecular complexity index is 2440. The Kier molecular flexibility index (Phi) is 11.4. The summed E-state index contributed by atoms with van der Waals surface area (Å²) in [6, 6.07) is 24.2. The first kappa shape index (κ1) is 37.8. The topological polar surface area (TPSA) is 174 Å². The first-order chi connectivity index (χ1) is 27.1. The van der Waals surface area contributed by atoms with Gasteiger partial charge in [-0.25, -0.2) is 9.97 Å². The van der Waals surface area contributed by atoms with Gasteiger partial charge in [0.25, 0.3) is 11.1 Å². The lowest BCUT2D eigenvalue weighted by atomic mass is 10.2. The zero-order valence-corrected chi connectivity index (χ0v) is 31.7. The second kappa shape index (κ2) is 16.9. The van der Waals surface area contributed by atoms with Crippen LogP contribution >= 0.6 is 34.8 Å². The van der Waals surface area contributed by atoms with Gasteiger partial charge in [-0.1, -0.05) is 35.3 Å². The van der Waals surface area contributed by atoms with Gasteiger partial charge in [0.15, 0.2) is 23.0 Å². The molecule has 1 amide bonds. The summed E-state index contributed by atoms with van der Waals surface area (Å²) in [6.45, 7) is 0.277. The largest absolute Gasteiger partial charge is 0.454 e. The second-order valence-corrected chi connectivity index (χ2v) is 13.1. The third-order valence-electron chi connectivity index (χ3n) is 7.91. The minimum absolute atomic E-state index is 0.0835. The van der Waals surface area contributed by atoms with E-state index in [0.717, 1.165) is 0 Å². The van der Waals surface area contributed by atoms with Gasteiger partial charge < -0.3 is 45.1 Å². The predicted octanol–water partition coefficient (Wildman–Crippen LogP) is 8.77. The van der Waals surface area contributed by atoms with Crippen LogP contribution in [0.4, 0.5) is 46.3 Å². The van der Waals surface area contributed by atoms with Crippen LogP contribution in [0.3, 0.4) is 0 Å². The molecule has 0 unspecified atom stereocenters. The number of hydrogen-bond donors (Lipinski definition) is 4. The predicted molar refractivity (Wildman–Crippen MR) is 213 cm³/mol. The Balaban J connectivity index is 0.000000172. The molecule has 8 rings (SSSR count). The average molecular weight is 815 g/mol. The van der Waals surface area contributed by atoms with Crippen molar-refractivity contribution in [3.63, 3.8) is 0 Å². The summed E-state index contributed by atoms with van der Waals surface area (Å²) < 4.78 is 21.7. The molecule has 18 heteroatoms. The highest BCUT2D eigenvalue weighted by Crippen LogP contribution is 2.45. The molecule has 6 aromatic rings. The van der Waals surface area contributed by atoms with E-state index in [0.29, 0.717) is 90.5 Å². The van der Waals surface area contributed by atoms with E-state index >= 15 is 0 Å². The number of carbonyl (C=O) groups is 2. The zero-order chi connectivity index (χ0) is 39.2. The monoisotopic (exact) mass is 813 g/mol. The summed E-state index contributed by atoms with van der Waals surface area (Å²) in [5.74, 6) is 3.94. The number of hydrogen-bond acceptors (Lipinski definition) is 14. The Hall–Kier alpha value is -6.55. The van der Waals surface area contributed by atoms with Gasteiger partial charge in [0.1, 0.15) is 23.0 Å². The van der Waals surface area contributed by atoms with E-state index in [-0.39, 0.29) is 19.5 Å². The minimum atomic E-state index is -0.537. The highest BCUT2D eigenvalue weighted by molar-refractivity contribution is 6.67. The fourth-order valence-electron chi connectivity index (χ4n) is 5.33. The fraction of sp³-hybridized carbons (Fsp3) is 0.105. The molecule has 4 heterocycles. The van der Waals surface area contributed by atoms with Crippen molar-refractivity contribution < 1.29 is 28.5 Å². The van der Waals surface area contributed by atoms with Crippen molar-refractivity contribution in [3.8, 4) is 23.0 Å². The minimum Gasteiger partial charge on any atom is -0.454 e. The number of amides is 1. The molecule has 0 saturated carbocycles. The van der Waals surface area contributed by atoms with E-state index in [1.165, 1.54) is 4.90 Å². The van der Waals surface area contributed by atoms with E-state index in [4.69, 9.17) is 53.8 Å².